The molecule has 2 rings (SSSR count). The number of aryl methyl sites for hydroxylation is 1. The van der Waals surface area contributed by atoms with E-state index in [0.717, 1.165) is 23.3 Å². The molecule has 0 saturated heterocycles. The highest BCUT2D eigenvalue weighted by Gasteiger charge is 2.15. The second-order valence-corrected chi connectivity index (χ2v) is 5.79. The Morgan fingerprint density at radius 2 is 1.96 bits per heavy atom. The third-order valence-electron chi connectivity index (χ3n) is 4.02. The van der Waals surface area contributed by atoms with Crippen molar-refractivity contribution in [1.29, 1.82) is 0 Å². The summed E-state index contributed by atoms with van der Waals surface area (Å²) < 4.78 is 10.7. The van der Waals surface area contributed by atoms with Crippen LogP contribution in [0, 0.1) is 6.92 Å². The number of amides is 1. The number of ether oxygens (including phenoxy) is 2. The molecular weight excluding hydrogens is 314 g/mol. The van der Waals surface area contributed by atoms with Crippen molar-refractivity contribution in [3.63, 3.8) is 0 Å². The highest BCUT2D eigenvalue weighted by Crippen LogP contribution is 2.24. The van der Waals surface area contributed by atoms with Gasteiger partial charge in [0.05, 0.1) is 13.2 Å². The van der Waals surface area contributed by atoms with Gasteiger partial charge in [0.15, 0.2) is 0 Å². The average Bonchev–Trinajstić information content (AvgIpc) is 2.64. The summed E-state index contributed by atoms with van der Waals surface area (Å²) in [6, 6.07) is 13.0. The summed E-state index contributed by atoms with van der Waals surface area (Å²) >= 11 is 0. The van der Waals surface area contributed by atoms with Crippen LogP contribution in [-0.2, 0) is 0 Å². The Labute approximate surface area is 149 Å². The molecule has 0 fully saturated rings. The van der Waals surface area contributed by atoms with Crippen LogP contribution in [0.4, 0.5) is 0 Å². The number of methoxy groups -OCH3 is 1. The average molecular weight is 339 g/mol. The standard InChI is InChI=1S/C21H25NO3/c1-5-13-25-18-10-7-16(8-11-18)21(23)22-19(6-2)17-9-12-20(24-4)15(3)14-17/h5,7-12,14,19H,1,6,13H2,2-4H3,(H,22,23)/t19-/m1/s1. The van der Waals surface area contributed by atoms with Crippen LogP contribution in [-0.4, -0.2) is 19.6 Å². The second-order valence-electron chi connectivity index (χ2n) is 5.79. The first kappa shape index (κ1) is 18.6. The molecular formula is C21H25NO3. The fourth-order valence-electron chi connectivity index (χ4n) is 2.64. The zero-order valence-corrected chi connectivity index (χ0v) is 15.0. The minimum absolute atomic E-state index is 0.0474. The lowest BCUT2D eigenvalue weighted by Crippen LogP contribution is -2.28. The van der Waals surface area contributed by atoms with Crippen LogP contribution < -0.4 is 14.8 Å². The van der Waals surface area contributed by atoms with Gasteiger partial charge in [-0.25, -0.2) is 0 Å². The lowest BCUT2D eigenvalue weighted by molar-refractivity contribution is 0.0935. The molecule has 4 heteroatoms. The van der Waals surface area contributed by atoms with Crippen LogP contribution in [0.2, 0.25) is 0 Å². The van der Waals surface area contributed by atoms with Crippen molar-refractivity contribution >= 4 is 5.91 Å². The summed E-state index contributed by atoms with van der Waals surface area (Å²) in [5.74, 6) is 1.46. The fraction of sp³-hybridized carbons (Fsp3) is 0.286. The van der Waals surface area contributed by atoms with Gasteiger partial charge in [0.2, 0.25) is 0 Å². The maximum Gasteiger partial charge on any atom is 0.251 e. The molecule has 0 heterocycles. The molecule has 132 valence electrons. The topological polar surface area (TPSA) is 47.6 Å². The lowest BCUT2D eigenvalue weighted by atomic mass is 10.0. The Hall–Kier alpha value is -2.75. The van der Waals surface area contributed by atoms with Crippen molar-refractivity contribution in [2.45, 2.75) is 26.3 Å². The van der Waals surface area contributed by atoms with Gasteiger partial charge in [0, 0.05) is 5.56 Å². The van der Waals surface area contributed by atoms with E-state index in [-0.39, 0.29) is 11.9 Å². The third kappa shape index (κ3) is 4.86. The van der Waals surface area contributed by atoms with Crippen molar-refractivity contribution in [2.24, 2.45) is 0 Å². The van der Waals surface area contributed by atoms with Gasteiger partial charge in [-0.05, 0) is 54.8 Å². The summed E-state index contributed by atoms with van der Waals surface area (Å²) in [5.41, 5.74) is 2.73. The first-order chi connectivity index (χ1) is 12.1. The molecule has 0 aromatic heterocycles. The van der Waals surface area contributed by atoms with E-state index in [4.69, 9.17) is 9.47 Å². The van der Waals surface area contributed by atoms with Crippen LogP contribution in [0.25, 0.3) is 0 Å². The first-order valence-corrected chi connectivity index (χ1v) is 8.38. The zero-order valence-electron chi connectivity index (χ0n) is 15.0. The Balaban J connectivity index is 2.08. The molecule has 0 aliphatic heterocycles. The minimum Gasteiger partial charge on any atom is -0.496 e. The highest BCUT2D eigenvalue weighted by molar-refractivity contribution is 5.94. The maximum atomic E-state index is 12.5. The SMILES string of the molecule is C=CCOc1ccc(C(=O)N[C@H](CC)c2ccc(OC)c(C)c2)cc1. The number of benzene rings is 2. The second kappa shape index (κ2) is 8.92. The van der Waals surface area contributed by atoms with Crippen LogP contribution in [0.1, 0.15) is 40.9 Å². The zero-order chi connectivity index (χ0) is 18.2. The molecule has 0 spiro atoms. The Bertz CT molecular complexity index is 722. The molecule has 1 atom stereocenters. The van der Waals surface area contributed by atoms with Crippen molar-refractivity contribution in [1.82, 2.24) is 5.32 Å². The van der Waals surface area contributed by atoms with E-state index in [1.165, 1.54) is 0 Å². The van der Waals surface area contributed by atoms with E-state index in [9.17, 15) is 4.79 Å². The smallest absolute Gasteiger partial charge is 0.251 e. The van der Waals surface area contributed by atoms with Crippen molar-refractivity contribution in [3.8, 4) is 11.5 Å². The van der Waals surface area contributed by atoms with Gasteiger partial charge < -0.3 is 14.8 Å². The van der Waals surface area contributed by atoms with Crippen LogP contribution in [0.15, 0.2) is 55.1 Å². The largest absolute Gasteiger partial charge is 0.496 e. The predicted octanol–water partition coefficient (Wildman–Crippen LogP) is 4.45. The monoisotopic (exact) mass is 339 g/mol. The first-order valence-electron chi connectivity index (χ1n) is 8.38. The van der Waals surface area contributed by atoms with E-state index in [1.54, 1.807) is 37.5 Å². The molecule has 1 amide bonds. The minimum atomic E-state index is -0.101. The van der Waals surface area contributed by atoms with E-state index in [2.05, 4.69) is 24.9 Å². The molecule has 0 radical (unpaired) electrons. The number of carbonyl (C=O) groups is 1. The van der Waals surface area contributed by atoms with Crippen molar-refractivity contribution < 1.29 is 14.3 Å². The van der Waals surface area contributed by atoms with E-state index < -0.39 is 0 Å². The maximum absolute atomic E-state index is 12.5. The van der Waals surface area contributed by atoms with E-state index in [0.29, 0.717) is 17.9 Å². The molecule has 1 N–H and O–H groups in total. The highest BCUT2D eigenvalue weighted by atomic mass is 16.5. The van der Waals surface area contributed by atoms with Gasteiger partial charge in [-0.1, -0.05) is 31.7 Å². The number of nitrogens with one attached hydrogen (secondary N) is 1. The van der Waals surface area contributed by atoms with Gasteiger partial charge in [0.25, 0.3) is 5.91 Å². The fourth-order valence-corrected chi connectivity index (χ4v) is 2.64. The predicted molar refractivity (Wildman–Crippen MR) is 100 cm³/mol. The number of carbonyl (C=O) groups excluding carboxylic acids is 1. The van der Waals surface area contributed by atoms with Crippen molar-refractivity contribution in [2.75, 3.05) is 13.7 Å². The van der Waals surface area contributed by atoms with Crippen molar-refractivity contribution in [3.05, 3.63) is 71.8 Å². The molecule has 2 aromatic rings. The van der Waals surface area contributed by atoms with Gasteiger partial charge in [-0.15, -0.1) is 0 Å². The molecule has 0 saturated carbocycles. The number of hydrogen-bond acceptors (Lipinski definition) is 3. The summed E-state index contributed by atoms with van der Waals surface area (Å²) in [7, 11) is 1.66. The van der Waals surface area contributed by atoms with Crippen LogP contribution >= 0.6 is 0 Å². The molecule has 4 nitrogen and oxygen atoms in total. The van der Waals surface area contributed by atoms with Gasteiger partial charge in [0.1, 0.15) is 18.1 Å². The van der Waals surface area contributed by atoms with Gasteiger partial charge in [-0.2, -0.15) is 0 Å². The van der Waals surface area contributed by atoms with E-state index in [1.807, 2.05) is 19.1 Å². The van der Waals surface area contributed by atoms with Crippen LogP contribution in [0.3, 0.4) is 0 Å². The molecule has 25 heavy (non-hydrogen) atoms. The Kier molecular flexibility index (Phi) is 6.63. The summed E-state index contributed by atoms with van der Waals surface area (Å²) in [6.07, 6.45) is 2.49. The summed E-state index contributed by atoms with van der Waals surface area (Å²) in [4.78, 5) is 12.5. The Morgan fingerprint density at radius 3 is 2.52 bits per heavy atom. The normalized spacial score (nSPS) is 11.5. The molecule has 2 aromatic carbocycles. The van der Waals surface area contributed by atoms with Crippen LogP contribution in [0.5, 0.6) is 11.5 Å². The molecule has 0 aliphatic carbocycles. The van der Waals surface area contributed by atoms with E-state index >= 15 is 0 Å². The molecule has 0 unspecified atom stereocenters. The lowest BCUT2D eigenvalue weighted by Gasteiger charge is -2.19. The van der Waals surface area contributed by atoms with Gasteiger partial charge >= 0.3 is 0 Å². The quantitative estimate of drug-likeness (QED) is 0.723. The third-order valence-corrected chi connectivity index (χ3v) is 4.02. The van der Waals surface area contributed by atoms with Gasteiger partial charge in [-0.3, -0.25) is 4.79 Å². The molecule has 0 bridgehead atoms. The summed E-state index contributed by atoms with van der Waals surface area (Å²) in [5, 5.41) is 3.09. The number of rotatable bonds is 8. The number of hydrogen-bond donors (Lipinski definition) is 1. The Morgan fingerprint density at radius 1 is 1.24 bits per heavy atom. The summed E-state index contributed by atoms with van der Waals surface area (Å²) in [6.45, 7) is 8.11. The molecule has 0 aliphatic rings.